The van der Waals surface area contributed by atoms with E-state index in [0.29, 0.717) is 31.2 Å². The number of anilines is 1. The van der Waals surface area contributed by atoms with Crippen LogP contribution in [0.1, 0.15) is 65.9 Å². The Kier molecular flexibility index (Phi) is 7.62. The molecule has 4 atom stereocenters. The number of nitrogens with zero attached hydrogens (tertiary/aromatic N) is 2. The normalized spacial score (nSPS) is 23.7. The zero-order chi connectivity index (χ0) is 26.2. The van der Waals surface area contributed by atoms with E-state index in [1.807, 2.05) is 18.7 Å². The first-order valence-corrected chi connectivity index (χ1v) is 12.1. The number of hydrogen-bond acceptors (Lipinski definition) is 4. The molecule has 1 aromatic rings. The summed E-state index contributed by atoms with van der Waals surface area (Å²) >= 11 is 0. The van der Waals surface area contributed by atoms with E-state index < -0.39 is 23.9 Å². The molecule has 0 radical (unpaired) electrons. The number of amides is 2. The number of alkyl halides is 3. The van der Waals surface area contributed by atoms with Crippen LogP contribution in [0.3, 0.4) is 0 Å². The maximum Gasteiger partial charge on any atom is 0.417 e. The Morgan fingerprint density at radius 3 is 2.37 bits per heavy atom. The SMILES string of the molecule is CC(C)(C)CC(C)(C)CC(NC(=O)O)C(=O)N[C@H]1CC[C@@H]2CN(c3ccc(C(F)(F)F)cn3)C[C@@H]21. The van der Waals surface area contributed by atoms with Gasteiger partial charge in [0.1, 0.15) is 11.9 Å². The average molecular weight is 499 g/mol. The van der Waals surface area contributed by atoms with Crippen LogP contribution in [0.25, 0.3) is 0 Å². The summed E-state index contributed by atoms with van der Waals surface area (Å²) in [6.07, 6.45) is -1.92. The van der Waals surface area contributed by atoms with Crippen LogP contribution in [0.5, 0.6) is 0 Å². The molecule has 2 heterocycles. The molecule has 1 aliphatic heterocycles. The number of pyridine rings is 1. The van der Waals surface area contributed by atoms with Crippen molar-refractivity contribution in [2.24, 2.45) is 22.7 Å². The van der Waals surface area contributed by atoms with Crippen LogP contribution >= 0.6 is 0 Å². The van der Waals surface area contributed by atoms with Gasteiger partial charge in [-0.15, -0.1) is 0 Å². The van der Waals surface area contributed by atoms with Crippen LogP contribution in [-0.2, 0) is 11.0 Å². The van der Waals surface area contributed by atoms with Crippen molar-refractivity contribution in [2.45, 2.75) is 78.6 Å². The first-order chi connectivity index (χ1) is 16.0. The molecule has 3 rings (SSSR count). The second-order valence-corrected chi connectivity index (χ2v) is 12.0. The maximum absolute atomic E-state index is 13.2. The molecule has 1 aromatic heterocycles. The molecule has 1 saturated heterocycles. The van der Waals surface area contributed by atoms with Crippen molar-refractivity contribution in [3.8, 4) is 0 Å². The maximum atomic E-state index is 13.2. The fourth-order valence-corrected chi connectivity index (χ4v) is 6.07. The largest absolute Gasteiger partial charge is 0.465 e. The summed E-state index contributed by atoms with van der Waals surface area (Å²) in [4.78, 5) is 30.6. The van der Waals surface area contributed by atoms with Gasteiger partial charge in [0, 0.05) is 31.2 Å². The van der Waals surface area contributed by atoms with E-state index in [2.05, 4.69) is 36.4 Å². The highest BCUT2D eigenvalue weighted by Gasteiger charge is 2.44. The molecule has 0 aromatic carbocycles. The molecule has 2 fully saturated rings. The van der Waals surface area contributed by atoms with Gasteiger partial charge in [0.15, 0.2) is 0 Å². The molecule has 7 nitrogen and oxygen atoms in total. The van der Waals surface area contributed by atoms with Crippen LogP contribution in [0.15, 0.2) is 18.3 Å². The highest BCUT2D eigenvalue weighted by molar-refractivity contribution is 5.85. The van der Waals surface area contributed by atoms with Crippen molar-refractivity contribution in [3.05, 3.63) is 23.9 Å². The van der Waals surface area contributed by atoms with Gasteiger partial charge in [0.25, 0.3) is 0 Å². The third-order valence-corrected chi connectivity index (χ3v) is 6.96. The number of nitrogens with one attached hydrogen (secondary N) is 2. The quantitative estimate of drug-likeness (QED) is 0.496. The lowest BCUT2D eigenvalue weighted by Crippen LogP contribution is -2.52. The van der Waals surface area contributed by atoms with Gasteiger partial charge in [-0.1, -0.05) is 34.6 Å². The Morgan fingerprint density at radius 1 is 1.14 bits per heavy atom. The predicted molar refractivity (Wildman–Crippen MR) is 127 cm³/mol. The number of hydrogen-bond donors (Lipinski definition) is 3. The first-order valence-electron chi connectivity index (χ1n) is 12.1. The van der Waals surface area contributed by atoms with E-state index in [-0.39, 0.29) is 28.7 Å². The molecule has 1 unspecified atom stereocenters. The minimum absolute atomic E-state index is 0.0338. The van der Waals surface area contributed by atoms with Gasteiger partial charge in [-0.05, 0) is 54.6 Å². The summed E-state index contributed by atoms with van der Waals surface area (Å²) in [5, 5.41) is 14.8. The molecule has 10 heteroatoms. The summed E-state index contributed by atoms with van der Waals surface area (Å²) in [6.45, 7) is 11.7. The highest BCUT2D eigenvalue weighted by atomic mass is 19.4. The van der Waals surface area contributed by atoms with Crippen molar-refractivity contribution >= 4 is 17.8 Å². The second-order valence-electron chi connectivity index (χ2n) is 12.0. The van der Waals surface area contributed by atoms with Crippen molar-refractivity contribution in [1.29, 1.82) is 0 Å². The molecule has 1 aliphatic carbocycles. The Morgan fingerprint density at radius 2 is 1.83 bits per heavy atom. The van der Waals surface area contributed by atoms with E-state index >= 15 is 0 Å². The minimum Gasteiger partial charge on any atom is -0.465 e. The Labute approximate surface area is 204 Å². The van der Waals surface area contributed by atoms with Gasteiger partial charge in [0.2, 0.25) is 5.91 Å². The van der Waals surface area contributed by atoms with Crippen molar-refractivity contribution in [2.75, 3.05) is 18.0 Å². The summed E-state index contributed by atoms with van der Waals surface area (Å²) < 4.78 is 38.5. The lowest BCUT2D eigenvalue weighted by molar-refractivity contribution is -0.137. The summed E-state index contributed by atoms with van der Waals surface area (Å²) in [5.74, 6) is 0.599. The van der Waals surface area contributed by atoms with Gasteiger partial charge in [-0.2, -0.15) is 13.2 Å². The lowest BCUT2D eigenvalue weighted by Gasteiger charge is -2.35. The van der Waals surface area contributed by atoms with Crippen LogP contribution < -0.4 is 15.5 Å². The molecule has 3 N–H and O–H groups in total. The number of aromatic nitrogens is 1. The van der Waals surface area contributed by atoms with E-state index in [1.165, 1.54) is 6.07 Å². The van der Waals surface area contributed by atoms with E-state index in [4.69, 9.17) is 0 Å². The molecule has 196 valence electrons. The molecule has 0 bridgehead atoms. The Balaban J connectivity index is 1.65. The topological polar surface area (TPSA) is 94.6 Å². The lowest BCUT2D eigenvalue weighted by atomic mass is 9.73. The smallest absolute Gasteiger partial charge is 0.417 e. The molecule has 35 heavy (non-hydrogen) atoms. The summed E-state index contributed by atoms with van der Waals surface area (Å²) in [7, 11) is 0. The van der Waals surface area contributed by atoms with E-state index in [9.17, 15) is 27.9 Å². The zero-order valence-corrected chi connectivity index (χ0v) is 21.1. The van der Waals surface area contributed by atoms with Crippen molar-refractivity contribution in [1.82, 2.24) is 15.6 Å². The molecule has 2 aliphatic rings. The van der Waals surface area contributed by atoms with Crippen LogP contribution in [0, 0.1) is 22.7 Å². The number of fused-ring (bicyclic) bond motifs is 1. The monoisotopic (exact) mass is 498 g/mol. The molecule has 2 amide bonds. The fourth-order valence-electron chi connectivity index (χ4n) is 6.07. The van der Waals surface area contributed by atoms with Crippen LogP contribution in [0.4, 0.5) is 23.8 Å². The Bertz CT molecular complexity index is 912. The number of carbonyl (C=O) groups is 2. The second kappa shape index (κ2) is 9.85. The van der Waals surface area contributed by atoms with E-state index in [1.54, 1.807) is 0 Å². The van der Waals surface area contributed by atoms with Gasteiger partial charge in [-0.3, -0.25) is 4.79 Å². The first kappa shape index (κ1) is 27.1. The average Bonchev–Trinajstić information content (AvgIpc) is 3.26. The predicted octanol–water partition coefficient (Wildman–Crippen LogP) is 4.92. The molecule has 1 saturated carbocycles. The minimum atomic E-state index is -4.43. The number of halogens is 3. The van der Waals surface area contributed by atoms with Crippen LogP contribution in [-0.4, -0.2) is 47.3 Å². The van der Waals surface area contributed by atoms with Crippen molar-refractivity contribution < 1.29 is 27.9 Å². The fraction of sp³-hybridized carbons (Fsp3) is 0.720. The zero-order valence-electron chi connectivity index (χ0n) is 21.1. The third kappa shape index (κ3) is 7.24. The summed E-state index contributed by atoms with van der Waals surface area (Å²) in [5.41, 5.74) is -0.997. The van der Waals surface area contributed by atoms with Gasteiger partial charge < -0.3 is 20.6 Å². The van der Waals surface area contributed by atoms with Crippen LogP contribution in [0.2, 0.25) is 0 Å². The number of rotatable bonds is 7. The molecular formula is C25H37F3N4O3. The number of carbonyl (C=O) groups excluding carboxylic acids is 1. The number of carboxylic acid groups (broad SMARTS) is 1. The standard InChI is InChI=1S/C25H37F3N4O3/c1-23(2,3)14-24(4,5)10-19(31-22(34)35)21(33)30-18-8-6-15-12-32(13-17(15)18)20-9-7-16(11-29-20)25(26,27)28/h7,9,11,15,17-19,31H,6,8,10,12-14H2,1-5H3,(H,30,33)(H,34,35)/t15-,17+,18+,19?/m1/s1. The van der Waals surface area contributed by atoms with E-state index in [0.717, 1.165) is 31.5 Å². The molecular weight excluding hydrogens is 461 g/mol. The third-order valence-electron chi connectivity index (χ3n) is 6.96. The molecule has 0 spiro atoms. The van der Waals surface area contributed by atoms with Gasteiger partial charge in [-0.25, -0.2) is 9.78 Å². The highest BCUT2D eigenvalue weighted by Crippen LogP contribution is 2.41. The summed E-state index contributed by atoms with van der Waals surface area (Å²) in [6, 6.07) is 1.45. The Hall–Kier alpha value is -2.52. The van der Waals surface area contributed by atoms with Crippen molar-refractivity contribution in [3.63, 3.8) is 0 Å². The van der Waals surface area contributed by atoms with Gasteiger partial charge in [0.05, 0.1) is 5.56 Å². The van der Waals surface area contributed by atoms with Gasteiger partial charge >= 0.3 is 12.3 Å².